The maximum Gasteiger partial charge on any atom is 0.148 e. The van der Waals surface area contributed by atoms with Gasteiger partial charge in [0.05, 0.1) is 24.5 Å². The summed E-state index contributed by atoms with van der Waals surface area (Å²) in [5.74, 6) is 1.88. The Morgan fingerprint density at radius 3 is 2.87 bits per heavy atom. The van der Waals surface area contributed by atoms with Gasteiger partial charge in [0, 0.05) is 6.20 Å². The van der Waals surface area contributed by atoms with Crippen LogP contribution in [0, 0.1) is 0 Å². The van der Waals surface area contributed by atoms with E-state index >= 15 is 0 Å². The number of rotatable bonds is 5. The summed E-state index contributed by atoms with van der Waals surface area (Å²) in [4.78, 5) is 9.34. The van der Waals surface area contributed by atoms with Crippen LogP contribution in [0.2, 0.25) is 0 Å². The van der Waals surface area contributed by atoms with Crippen molar-refractivity contribution in [2.24, 2.45) is 0 Å². The minimum Gasteiger partial charge on any atom is -0.497 e. The predicted octanol–water partition coefficient (Wildman–Crippen LogP) is 4.10. The van der Waals surface area contributed by atoms with E-state index in [2.05, 4.69) is 36.3 Å². The summed E-state index contributed by atoms with van der Waals surface area (Å²) >= 11 is 0. The molecule has 1 atom stereocenters. The van der Waals surface area contributed by atoms with Gasteiger partial charge in [0.15, 0.2) is 0 Å². The smallest absolute Gasteiger partial charge is 0.148 e. The van der Waals surface area contributed by atoms with Gasteiger partial charge in [0.25, 0.3) is 0 Å². The van der Waals surface area contributed by atoms with Crippen LogP contribution in [0.4, 0.5) is 5.82 Å². The molecule has 1 unspecified atom stereocenters. The Morgan fingerprint density at radius 1 is 1.26 bits per heavy atom. The first kappa shape index (κ1) is 15.8. The molecule has 0 amide bonds. The lowest BCUT2D eigenvalue weighted by Gasteiger charge is -2.28. The maximum atomic E-state index is 5.36. The van der Waals surface area contributed by atoms with Gasteiger partial charge in [0.1, 0.15) is 11.6 Å². The Balaban J connectivity index is 1.90. The van der Waals surface area contributed by atoms with Gasteiger partial charge in [0.2, 0.25) is 0 Å². The van der Waals surface area contributed by atoms with Gasteiger partial charge >= 0.3 is 0 Å². The minimum absolute atomic E-state index is 0.302. The van der Waals surface area contributed by atoms with Crippen molar-refractivity contribution in [2.75, 3.05) is 12.4 Å². The first-order chi connectivity index (χ1) is 11.2. The first-order valence-electron chi connectivity index (χ1n) is 8.53. The first-order valence-corrected chi connectivity index (χ1v) is 8.53. The van der Waals surface area contributed by atoms with Gasteiger partial charge in [-0.1, -0.05) is 19.9 Å². The fraction of sp³-hybridized carbons (Fsp3) is 0.474. The number of hydrogen-bond donors (Lipinski definition) is 1. The molecule has 0 radical (unpaired) electrons. The third-order valence-electron chi connectivity index (χ3n) is 4.57. The summed E-state index contributed by atoms with van der Waals surface area (Å²) in [6.45, 7) is 4.24. The number of nitrogens with one attached hydrogen (secondary N) is 1. The summed E-state index contributed by atoms with van der Waals surface area (Å²) in [7, 11) is 1.72. The van der Waals surface area contributed by atoms with Crippen LogP contribution in [-0.4, -0.2) is 17.1 Å². The van der Waals surface area contributed by atoms with Gasteiger partial charge < -0.3 is 10.1 Å². The van der Waals surface area contributed by atoms with E-state index < -0.39 is 0 Å². The van der Waals surface area contributed by atoms with Crippen LogP contribution in [0.5, 0.6) is 5.75 Å². The van der Waals surface area contributed by atoms with Crippen LogP contribution < -0.4 is 10.1 Å². The number of fused-ring (bicyclic) bond motifs is 1. The molecule has 122 valence electrons. The second-order valence-corrected chi connectivity index (χ2v) is 6.02. The molecular formula is C19H25N3O. The summed E-state index contributed by atoms with van der Waals surface area (Å²) in [6.07, 6.45) is 7.11. The zero-order valence-corrected chi connectivity index (χ0v) is 14.2. The molecule has 0 aliphatic heterocycles. The number of anilines is 1. The maximum absolute atomic E-state index is 5.36. The number of aryl methyl sites for hydroxylation is 3. The number of ether oxygens (including phenoxy) is 1. The highest BCUT2D eigenvalue weighted by atomic mass is 16.5. The molecule has 0 fully saturated rings. The van der Waals surface area contributed by atoms with E-state index in [0.717, 1.165) is 48.6 Å². The Morgan fingerprint density at radius 2 is 2.13 bits per heavy atom. The summed E-state index contributed by atoms with van der Waals surface area (Å²) in [5.41, 5.74) is 4.83. The molecule has 4 heteroatoms. The summed E-state index contributed by atoms with van der Waals surface area (Å²) < 4.78 is 5.36. The molecule has 1 aromatic carbocycles. The molecule has 2 aromatic rings. The largest absolute Gasteiger partial charge is 0.497 e. The molecule has 0 saturated heterocycles. The molecule has 4 nitrogen and oxygen atoms in total. The van der Waals surface area contributed by atoms with Gasteiger partial charge in [-0.25, -0.2) is 4.98 Å². The lowest BCUT2D eigenvalue weighted by atomic mass is 9.87. The highest BCUT2D eigenvalue weighted by Gasteiger charge is 2.22. The van der Waals surface area contributed by atoms with E-state index in [1.165, 1.54) is 17.5 Å². The molecule has 1 N–H and O–H groups in total. The van der Waals surface area contributed by atoms with Crippen molar-refractivity contribution >= 4 is 5.82 Å². The molecule has 1 aliphatic rings. The highest BCUT2D eigenvalue weighted by Crippen LogP contribution is 2.34. The summed E-state index contributed by atoms with van der Waals surface area (Å²) in [6, 6.07) is 6.70. The van der Waals surface area contributed by atoms with E-state index in [1.54, 1.807) is 7.11 Å². The second kappa shape index (κ2) is 6.99. The van der Waals surface area contributed by atoms with Crippen molar-refractivity contribution in [3.8, 4) is 5.75 Å². The Bertz CT molecular complexity index is 684. The van der Waals surface area contributed by atoms with Gasteiger partial charge in [-0.15, -0.1) is 0 Å². The molecule has 0 saturated carbocycles. The van der Waals surface area contributed by atoms with Crippen molar-refractivity contribution in [1.82, 2.24) is 9.97 Å². The number of aromatic nitrogens is 2. The van der Waals surface area contributed by atoms with E-state index in [1.807, 2.05) is 12.3 Å². The number of methoxy groups -OCH3 is 1. The molecule has 0 spiro atoms. The Hall–Kier alpha value is -2.10. The number of nitrogens with zero attached hydrogens (tertiary/aromatic N) is 2. The lowest BCUT2D eigenvalue weighted by molar-refractivity contribution is 0.413. The quantitative estimate of drug-likeness (QED) is 0.903. The van der Waals surface area contributed by atoms with Crippen LogP contribution >= 0.6 is 0 Å². The van der Waals surface area contributed by atoms with Crippen LogP contribution in [0.3, 0.4) is 0 Å². The van der Waals surface area contributed by atoms with Gasteiger partial charge in [-0.2, -0.15) is 0 Å². The molecule has 23 heavy (non-hydrogen) atoms. The zero-order chi connectivity index (χ0) is 16.2. The van der Waals surface area contributed by atoms with E-state index in [9.17, 15) is 0 Å². The average Bonchev–Trinajstić information content (AvgIpc) is 2.61. The lowest BCUT2D eigenvalue weighted by Crippen LogP contribution is -2.19. The van der Waals surface area contributed by atoms with Crippen molar-refractivity contribution < 1.29 is 4.74 Å². The standard InChI is InChI=1S/C19H25N3O/c1-4-14-12-20-17(5-2)19(21-14)22-18-8-6-7-13-11-15(23-3)9-10-16(13)18/h9-12,18H,4-8H2,1-3H3,(H,21,22). The van der Waals surface area contributed by atoms with E-state index in [-0.39, 0.29) is 0 Å². The van der Waals surface area contributed by atoms with Crippen molar-refractivity contribution in [3.05, 3.63) is 46.9 Å². The molecule has 0 bridgehead atoms. The third-order valence-corrected chi connectivity index (χ3v) is 4.57. The molecule has 1 aromatic heterocycles. The van der Waals surface area contributed by atoms with E-state index in [0.29, 0.717) is 6.04 Å². The zero-order valence-electron chi connectivity index (χ0n) is 14.2. The van der Waals surface area contributed by atoms with Crippen LogP contribution in [-0.2, 0) is 19.3 Å². The molecule has 1 heterocycles. The fourth-order valence-corrected chi connectivity index (χ4v) is 3.23. The molecule has 3 rings (SSSR count). The van der Waals surface area contributed by atoms with Gasteiger partial charge in [-0.3, -0.25) is 4.98 Å². The second-order valence-electron chi connectivity index (χ2n) is 6.02. The van der Waals surface area contributed by atoms with Crippen molar-refractivity contribution in [1.29, 1.82) is 0 Å². The number of hydrogen-bond acceptors (Lipinski definition) is 4. The van der Waals surface area contributed by atoms with E-state index in [4.69, 9.17) is 9.72 Å². The Kier molecular flexibility index (Phi) is 4.79. The molecular weight excluding hydrogens is 286 g/mol. The van der Waals surface area contributed by atoms with Crippen molar-refractivity contribution in [2.45, 2.75) is 52.0 Å². The normalized spacial score (nSPS) is 16.7. The van der Waals surface area contributed by atoms with Crippen LogP contribution in [0.15, 0.2) is 24.4 Å². The van der Waals surface area contributed by atoms with Crippen LogP contribution in [0.1, 0.15) is 55.2 Å². The van der Waals surface area contributed by atoms with Crippen LogP contribution in [0.25, 0.3) is 0 Å². The number of benzene rings is 1. The van der Waals surface area contributed by atoms with Gasteiger partial charge in [-0.05, 0) is 55.4 Å². The Labute approximate surface area is 138 Å². The minimum atomic E-state index is 0.302. The highest BCUT2D eigenvalue weighted by molar-refractivity contribution is 5.47. The SMILES string of the molecule is CCc1cnc(CC)c(NC2CCCc3cc(OC)ccc32)n1. The monoisotopic (exact) mass is 311 g/mol. The average molecular weight is 311 g/mol. The fourth-order valence-electron chi connectivity index (χ4n) is 3.23. The van der Waals surface area contributed by atoms with Crippen molar-refractivity contribution in [3.63, 3.8) is 0 Å². The topological polar surface area (TPSA) is 47.0 Å². The molecule has 1 aliphatic carbocycles. The third kappa shape index (κ3) is 3.31. The predicted molar refractivity (Wildman–Crippen MR) is 93.1 cm³/mol. The summed E-state index contributed by atoms with van der Waals surface area (Å²) in [5, 5.41) is 3.65.